The van der Waals surface area contributed by atoms with E-state index in [1.54, 1.807) is 0 Å². The molecule has 154 valence electrons. The number of hydrogen-bond donors (Lipinski definition) is 0. The number of benzene rings is 1. The second kappa shape index (κ2) is 8.82. The fourth-order valence-electron chi connectivity index (χ4n) is 4.20. The summed E-state index contributed by atoms with van der Waals surface area (Å²) in [5.74, 6) is 2.47. The molecular formula is C23H31N5O. The average molecular weight is 394 g/mol. The van der Waals surface area contributed by atoms with Crippen LogP contribution in [-0.2, 0) is 0 Å². The first kappa shape index (κ1) is 19.7. The maximum atomic E-state index is 5.95. The molecule has 1 aromatic heterocycles. The van der Waals surface area contributed by atoms with Crippen molar-refractivity contribution in [2.75, 3.05) is 57.8 Å². The van der Waals surface area contributed by atoms with Crippen molar-refractivity contribution in [2.24, 2.45) is 5.92 Å². The lowest BCUT2D eigenvalue weighted by Gasteiger charge is -2.19. The second-order valence-electron chi connectivity index (χ2n) is 7.90. The Morgan fingerprint density at radius 2 is 1.97 bits per heavy atom. The van der Waals surface area contributed by atoms with Gasteiger partial charge in [-0.15, -0.1) is 10.2 Å². The van der Waals surface area contributed by atoms with Crippen molar-refractivity contribution in [3.05, 3.63) is 48.2 Å². The number of ether oxygens (including phenoxy) is 1. The van der Waals surface area contributed by atoms with E-state index in [0.717, 1.165) is 62.1 Å². The number of rotatable bonds is 8. The zero-order valence-electron chi connectivity index (χ0n) is 17.7. The molecule has 2 aliphatic rings. The molecule has 0 spiro atoms. The molecule has 29 heavy (non-hydrogen) atoms. The van der Waals surface area contributed by atoms with Crippen LogP contribution in [0.1, 0.15) is 13.8 Å². The van der Waals surface area contributed by atoms with E-state index in [4.69, 9.17) is 4.74 Å². The molecule has 0 radical (unpaired) electrons. The highest BCUT2D eigenvalue weighted by atomic mass is 16.5. The van der Waals surface area contributed by atoms with Crippen LogP contribution in [-0.4, -0.2) is 72.9 Å². The van der Waals surface area contributed by atoms with Gasteiger partial charge in [0.1, 0.15) is 12.4 Å². The zero-order valence-corrected chi connectivity index (χ0v) is 17.7. The summed E-state index contributed by atoms with van der Waals surface area (Å²) in [6, 6.07) is 12.3. The molecule has 2 aliphatic heterocycles. The molecule has 1 unspecified atom stereocenters. The SMILES string of the molecule is CCN(CC)CCOc1cccc(-c2ccc(N3CC4=CN(C)CC4C3)nn2)c1. The summed E-state index contributed by atoms with van der Waals surface area (Å²) < 4.78 is 5.95. The lowest BCUT2D eigenvalue weighted by atomic mass is 10.1. The van der Waals surface area contributed by atoms with Crippen LogP contribution in [0, 0.1) is 5.92 Å². The minimum atomic E-state index is 0.631. The summed E-state index contributed by atoms with van der Waals surface area (Å²) in [6.07, 6.45) is 2.28. The molecule has 3 heterocycles. The van der Waals surface area contributed by atoms with Gasteiger partial charge in [0.15, 0.2) is 5.82 Å². The standard InChI is InChI=1S/C23H31N5O/c1-4-27(5-2)11-12-29-21-8-6-7-18(13-21)22-9-10-23(25-24-22)28-16-19-14-26(3)15-20(19)17-28/h6-10,13-14,20H,4-5,11-12,15-17H2,1-3H3. The first-order valence-corrected chi connectivity index (χ1v) is 10.6. The van der Waals surface area contributed by atoms with Crippen molar-refractivity contribution in [3.8, 4) is 17.0 Å². The molecule has 0 N–H and O–H groups in total. The van der Waals surface area contributed by atoms with Gasteiger partial charge in [0, 0.05) is 50.9 Å². The Kier molecular flexibility index (Phi) is 6.00. The molecule has 1 atom stereocenters. The molecule has 1 aromatic carbocycles. The minimum absolute atomic E-state index is 0.631. The van der Waals surface area contributed by atoms with Gasteiger partial charge in [-0.05, 0) is 42.9 Å². The van der Waals surface area contributed by atoms with E-state index in [1.165, 1.54) is 5.57 Å². The van der Waals surface area contributed by atoms with Crippen molar-refractivity contribution in [2.45, 2.75) is 13.8 Å². The van der Waals surface area contributed by atoms with Gasteiger partial charge in [-0.2, -0.15) is 0 Å². The van der Waals surface area contributed by atoms with Crippen molar-refractivity contribution < 1.29 is 4.74 Å². The van der Waals surface area contributed by atoms with Gasteiger partial charge in [-0.1, -0.05) is 26.0 Å². The number of likely N-dealkylation sites (N-methyl/N-ethyl adjacent to an activating group) is 1. The number of fused-ring (bicyclic) bond motifs is 1. The molecule has 6 heteroatoms. The van der Waals surface area contributed by atoms with Crippen molar-refractivity contribution in [3.63, 3.8) is 0 Å². The van der Waals surface area contributed by atoms with Crippen LogP contribution >= 0.6 is 0 Å². The maximum Gasteiger partial charge on any atom is 0.151 e. The molecular weight excluding hydrogens is 362 g/mol. The lowest BCUT2D eigenvalue weighted by Crippen LogP contribution is -2.27. The quantitative estimate of drug-likeness (QED) is 0.687. The van der Waals surface area contributed by atoms with Gasteiger partial charge in [-0.25, -0.2) is 0 Å². The van der Waals surface area contributed by atoms with Crippen LogP contribution in [0.2, 0.25) is 0 Å². The van der Waals surface area contributed by atoms with Crippen LogP contribution in [0.25, 0.3) is 11.3 Å². The third-order valence-corrected chi connectivity index (χ3v) is 5.91. The molecule has 2 aromatic rings. The van der Waals surface area contributed by atoms with E-state index >= 15 is 0 Å². The van der Waals surface area contributed by atoms with Gasteiger partial charge in [0.05, 0.1) is 5.69 Å². The molecule has 1 fully saturated rings. The third kappa shape index (κ3) is 4.53. The van der Waals surface area contributed by atoms with Gasteiger partial charge in [-0.3, -0.25) is 0 Å². The van der Waals surface area contributed by atoms with E-state index in [1.807, 2.05) is 18.2 Å². The predicted molar refractivity (Wildman–Crippen MR) is 117 cm³/mol. The number of nitrogens with zero attached hydrogens (tertiary/aromatic N) is 5. The van der Waals surface area contributed by atoms with Crippen LogP contribution in [0.3, 0.4) is 0 Å². The van der Waals surface area contributed by atoms with Gasteiger partial charge >= 0.3 is 0 Å². The largest absolute Gasteiger partial charge is 0.492 e. The normalized spacial score (nSPS) is 18.3. The maximum absolute atomic E-state index is 5.95. The first-order chi connectivity index (χ1) is 14.2. The van der Waals surface area contributed by atoms with Crippen LogP contribution in [0.15, 0.2) is 48.2 Å². The van der Waals surface area contributed by atoms with Gasteiger partial charge in [0.25, 0.3) is 0 Å². The van der Waals surface area contributed by atoms with E-state index in [-0.39, 0.29) is 0 Å². The van der Waals surface area contributed by atoms with Gasteiger partial charge in [0.2, 0.25) is 0 Å². The van der Waals surface area contributed by atoms with Crippen LogP contribution in [0.4, 0.5) is 5.82 Å². The molecule has 0 saturated carbocycles. The highest BCUT2D eigenvalue weighted by Gasteiger charge is 2.32. The molecule has 4 rings (SSSR count). The molecule has 0 bridgehead atoms. The molecule has 6 nitrogen and oxygen atoms in total. The Morgan fingerprint density at radius 3 is 2.69 bits per heavy atom. The molecule has 0 amide bonds. The lowest BCUT2D eigenvalue weighted by molar-refractivity contribution is 0.223. The average Bonchev–Trinajstić information content (AvgIpc) is 3.29. The Hall–Kier alpha value is -2.60. The molecule has 1 saturated heterocycles. The predicted octanol–water partition coefficient (Wildman–Crippen LogP) is 3.13. The van der Waals surface area contributed by atoms with Crippen molar-refractivity contribution in [1.29, 1.82) is 0 Å². The summed E-state index contributed by atoms with van der Waals surface area (Å²) >= 11 is 0. The fraction of sp³-hybridized carbons (Fsp3) is 0.478. The summed E-state index contributed by atoms with van der Waals surface area (Å²) in [5, 5.41) is 9.00. The van der Waals surface area contributed by atoms with Gasteiger partial charge < -0.3 is 19.4 Å². The monoisotopic (exact) mass is 393 g/mol. The van der Waals surface area contributed by atoms with E-state index < -0.39 is 0 Å². The van der Waals surface area contributed by atoms with Crippen molar-refractivity contribution in [1.82, 2.24) is 20.0 Å². The Morgan fingerprint density at radius 1 is 1.10 bits per heavy atom. The van der Waals surface area contributed by atoms with Crippen LogP contribution < -0.4 is 9.64 Å². The Balaban J connectivity index is 1.38. The zero-order chi connectivity index (χ0) is 20.2. The highest BCUT2D eigenvalue weighted by Crippen LogP contribution is 2.31. The number of hydrogen-bond acceptors (Lipinski definition) is 6. The Bertz CT molecular complexity index is 847. The first-order valence-electron chi connectivity index (χ1n) is 10.6. The van der Waals surface area contributed by atoms with Crippen molar-refractivity contribution >= 4 is 5.82 Å². The summed E-state index contributed by atoms with van der Waals surface area (Å²) in [6.45, 7) is 11.2. The topological polar surface area (TPSA) is 44.7 Å². The minimum Gasteiger partial charge on any atom is -0.492 e. The van der Waals surface area contributed by atoms with E-state index in [9.17, 15) is 0 Å². The summed E-state index contributed by atoms with van der Waals surface area (Å²) in [5.41, 5.74) is 3.42. The Labute approximate surface area is 173 Å². The van der Waals surface area contributed by atoms with E-state index in [2.05, 4.69) is 70.2 Å². The smallest absolute Gasteiger partial charge is 0.151 e. The summed E-state index contributed by atoms with van der Waals surface area (Å²) in [4.78, 5) is 6.96. The highest BCUT2D eigenvalue weighted by molar-refractivity contribution is 5.62. The fourth-order valence-corrected chi connectivity index (χ4v) is 4.20. The number of aromatic nitrogens is 2. The van der Waals surface area contributed by atoms with E-state index in [0.29, 0.717) is 12.5 Å². The third-order valence-electron chi connectivity index (χ3n) is 5.91. The van der Waals surface area contributed by atoms with Crippen LogP contribution in [0.5, 0.6) is 5.75 Å². The second-order valence-corrected chi connectivity index (χ2v) is 7.90. The molecule has 0 aliphatic carbocycles. The summed E-state index contributed by atoms with van der Waals surface area (Å²) in [7, 11) is 2.14. The number of anilines is 1.